The summed E-state index contributed by atoms with van der Waals surface area (Å²) in [5.74, 6) is 0.0212. The Hall–Kier alpha value is -3.11. The van der Waals surface area contributed by atoms with Gasteiger partial charge in [-0.3, -0.25) is 4.79 Å². The third kappa shape index (κ3) is 3.64. The lowest BCUT2D eigenvalue weighted by atomic mass is 10.1. The Balaban J connectivity index is 1.67. The molecule has 4 rings (SSSR count). The summed E-state index contributed by atoms with van der Waals surface area (Å²) in [6.07, 6.45) is 1.80. The molecule has 0 bridgehead atoms. The molecule has 3 aromatic carbocycles. The Kier molecular flexibility index (Phi) is 4.88. The maximum absolute atomic E-state index is 12.7. The molecule has 1 heterocycles. The number of hydrogen-bond acceptors (Lipinski definition) is 4. The molecule has 3 nitrogen and oxygen atoms in total. The van der Waals surface area contributed by atoms with Gasteiger partial charge in [-0.2, -0.15) is 0 Å². The van der Waals surface area contributed by atoms with E-state index in [0.717, 1.165) is 16.0 Å². The molecular weight excluding hydrogens is 368 g/mol. The third-order valence-corrected chi connectivity index (χ3v) is 5.58. The molecule has 28 heavy (non-hydrogen) atoms. The number of rotatable bonds is 3. The minimum absolute atomic E-state index is 0.00179. The van der Waals surface area contributed by atoms with E-state index in [2.05, 4.69) is 0 Å². The zero-order chi connectivity index (χ0) is 19.7. The number of ether oxygens (including phenoxy) is 1. The number of Topliss-reactive ketones (excluding diaryl/α,β-unsaturated/α-hetero) is 1. The second-order valence-corrected chi connectivity index (χ2v) is 7.82. The molecule has 0 atom stereocenters. The van der Waals surface area contributed by atoms with Crippen LogP contribution in [-0.4, -0.2) is 11.8 Å². The van der Waals surface area contributed by atoms with Crippen molar-refractivity contribution in [3.05, 3.63) is 99.5 Å². The van der Waals surface area contributed by atoms with Crippen molar-refractivity contribution in [2.75, 3.05) is 0 Å². The maximum atomic E-state index is 12.7. The van der Waals surface area contributed by atoms with Gasteiger partial charge in [0.15, 0.2) is 0 Å². The van der Waals surface area contributed by atoms with Gasteiger partial charge in [-0.15, -0.1) is 0 Å². The van der Waals surface area contributed by atoms with Gasteiger partial charge in [0, 0.05) is 16.0 Å². The average molecular weight is 386 g/mol. The molecule has 0 N–H and O–H groups in total. The van der Waals surface area contributed by atoms with Crippen LogP contribution >= 0.6 is 11.8 Å². The Morgan fingerprint density at radius 1 is 0.929 bits per heavy atom. The Morgan fingerprint density at radius 2 is 1.71 bits per heavy atom. The fourth-order valence-electron chi connectivity index (χ4n) is 3.08. The number of carbonyl (C=O) groups excluding carboxylic acids is 2. The minimum atomic E-state index is -0.416. The first kappa shape index (κ1) is 18.3. The van der Waals surface area contributed by atoms with E-state index < -0.39 is 5.97 Å². The second-order valence-electron chi connectivity index (χ2n) is 6.74. The van der Waals surface area contributed by atoms with Gasteiger partial charge in [0.2, 0.25) is 5.78 Å². The van der Waals surface area contributed by atoms with Crippen molar-refractivity contribution in [2.24, 2.45) is 0 Å². The standard InChI is InChI=1S/C24H18O3S/c1-15-6-5-7-17(12-15)24(26)27-20-11-10-16(2)13-18(20)14-22-23(25)19-8-3-4-9-21(19)28-22/h3-14H,1-2H3/b22-14-. The maximum Gasteiger partial charge on any atom is 0.343 e. The van der Waals surface area contributed by atoms with Gasteiger partial charge in [-0.1, -0.05) is 53.2 Å². The minimum Gasteiger partial charge on any atom is -0.422 e. The number of aryl methyl sites for hydroxylation is 2. The molecule has 1 aliphatic rings. The van der Waals surface area contributed by atoms with E-state index in [4.69, 9.17) is 4.74 Å². The van der Waals surface area contributed by atoms with Crippen molar-refractivity contribution in [3.63, 3.8) is 0 Å². The predicted molar refractivity (Wildman–Crippen MR) is 112 cm³/mol. The SMILES string of the molecule is Cc1cccc(C(=O)Oc2ccc(C)cc2/C=C2\Sc3ccccc3C2=O)c1. The van der Waals surface area contributed by atoms with Crippen molar-refractivity contribution in [3.8, 4) is 5.75 Å². The summed E-state index contributed by atoms with van der Waals surface area (Å²) >= 11 is 1.44. The molecule has 0 amide bonds. The van der Waals surface area contributed by atoms with Crippen LogP contribution in [0.4, 0.5) is 0 Å². The van der Waals surface area contributed by atoms with E-state index in [1.165, 1.54) is 11.8 Å². The Morgan fingerprint density at radius 3 is 2.50 bits per heavy atom. The van der Waals surface area contributed by atoms with Crippen LogP contribution in [-0.2, 0) is 0 Å². The summed E-state index contributed by atoms with van der Waals surface area (Å²) < 4.78 is 5.66. The summed E-state index contributed by atoms with van der Waals surface area (Å²) in [5, 5.41) is 0. The summed E-state index contributed by atoms with van der Waals surface area (Å²) in [5.41, 5.74) is 3.94. The van der Waals surface area contributed by atoms with Gasteiger partial charge in [-0.25, -0.2) is 4.79 Å². The first-order valence-corrected chi connectivity index (χ1v) is 9.76. The molecule has 1 aliphatic heterocycles. The lowest BCUT2D eigenvalue weighted by Gasteiger charge is -2.09. The Bertz CT molecular complexity index is 1130. The van der Waals surface area contributed by atoms with Crippen LogP contribution in [0.2, 0.25) is 0 Å². The number of thioether (sulfide) groups is 1. The zero-order valence-corrected chi connectivity index (χ0v) is 16.4. The number of benzene rings is 3. The number of allylic oxidation sites excluding steroid dienone is 1. The van der Waals surface area contributed by atoms with Crippen LogP contribution in [0, 0.1) is 13.8 Å². The summed E-state index contributed by atoms with van der Waals surface area (Å²) in [7, 11) is 0. The van der Waals surface area contributed by atoms with Gasteiger partial charge in [0.1, 0.15) is 5.75 Å². The average Bonchev–Trinajstić information content (AvgIpc) is 3.00. The number of hydrogen-bond donors (Lipinski definition) is 0. The predicted octanol–water partition coefficient (Wildman–Crippen LogP) is 5.85. The van der Waals surface area contributed by atoms with Gasteiger partial charge >= 0.3 is 5.97 Å². The Labute approximate surface area is 168 Å². The van der Waals surface area contributed by atoms with Gasteiger partial charge < -0.3 is 4.74 Å². The zero-order valence-electron chi connectivity index (χ0n) is 15.6. The van der Waals surface area contributed by atoms with Crippen molar-refractivity contribution in [1.82, 2.24) is 0 Å². The fraction of sp³-hybridized carbons (Fsp3) is 0.0833. The highest BCUT2D eigenvalue weighted by Crippen LogP contribution is 2.41. The van der Waals surface area contributed by atoms with E-state index in [1.807, 2.05) is 62.4 Å². The first-order chi connectivity index (χ1) is 13.5. The van der Waals surface area contributed by atoms with Crippen molar-refractivity contribution in [1.29, 1.82) is 0 Å². The molecule has 0 radical (unpaired) electrons. The van der Waals surface area contributed by atoms with Crippen molar-refractivity contribution < 1.29 is 14.3 Å². The summed E-state index contributed by atoms with van der Waals surface area (Å²) in [6.45, 7) is 3.89. The summed E-state index contributed by atoms with van der Waals surface area (Å²) in [4.78, 5) is 26.8. The molecule has 3 aromatic rings. The molecule has 0 saturated heterocycles. The number of esters is 1. The van der Waals surface area contributed by atoms with Crippen LogP contribution in [0.3, 0.4) is 0 Å². The van der Waals surface area contributed by atoms with E-state index >= 15 is 0 Å². The van der Waals surface area contributed by atoms with Gasteiger partial charge in [0.25, 0.3) is 0 Å². The lowest BCUT2D eigenvalue weighted by molar-refractivity contribution is 0.0734. The van der Waals surface area contributed by atoms with E-state index in [9.17, 15) is 9.59 Å². The van der Waals surface area contributed by atoms with Crippen LogP contribution in [0.5, 0.6) is 5.75 Å². The molecule has 0 unspecified atom stereocenters. The molecule has 0 fully saturated rings. The largest absolute Gasteiger partial charge is 0.422 e. The van der Waals surface area contributed by atoms with Crippen LogP contribution in [0.1, 0.15) is 37.4 Å². The molecular formula is C24H18O3S. The molecule has 138 valence electrons. The van der Waals surface area contributed by atoms with Crippen LogP contribution in [0.15, 0.2) is 76.5 Å². The molecule has 4 heteroatoms. The van der Waals surface area contributed by atoms with Gasteiger partial charge in [0.05, 0.1) is 10.5 Å². The third-order valence-electron chi connectivity index (χ3n) is 4.48. The van der Waals surface area contributed by atoms with E-state index in [-0.39, 0.29) is 5.78 Å². The second kappa shape index (κ2) is 7.49. The monoisotopic (exact) mass is 386 g/mol. The number of ketones is 1. The van der Waals surface area contributed by atoms with E-state index in [0.29, 0.717) is 27.3 Å². The topological polar surface area (TPSA) is 43.4 Å². The normalized spacial score (nSPS) is 14.2. The quantitative estimate of drug-likeness (QED) is 0.322. The number of carbonyl (C=O) groups is 2. The van der Waals surface area contributed by atoms with Crippen molar-refractivity contribution >= 4 is 29.6 Å². The highest BCUT2D eigenvalue weighted by Gasteiger charge is 2.25. The molecule has 0 aromatic heterocycles. The number of fused-ring (bicyclic) bond motifs is 1. The van der Waals surface area contributed by atoms with Crippen molar-refractivity contribution in [2.45, 2.75) is 18.7 Å². The summed E-state index contributed by atoms with van der Waals surface area (Å²) in [6, 6.07) is 20.4. The highest BCUT2D eigenvalue weighted by atomic mass is 32.2. The smallest absolute Gasteiger partial charge is 0.343 e. The highest BCUT2D eigenvalue weighted by molar-refractivity contribution is 8.04. The van der Waals surface area contributed by atoms with Gasteiger partial charge in [-0.05, 0) is 56.3 Å². The van der Waals surface area contributed by atoms with Crippen LogP contribution < -0.4 is 4.74 Å². The van der Waals surface area contributed by atoms with E-state index in [1.54, 1.807) is 24.3 Å². The lowest BCUT2D eigenvalue weighted by Crippen LogP contribution is -2.09. The molecule has 0 spiro atoms. The fourth-order valence-corrected chi connectivity index (χ4v) is 4.12. The van der Waals surface area contributed by atoms with Crippen LogP contribution in [0.25, 0.3) is 6.08 Å². The molecule has 0 aliphatic carbocycles. The first-order valence-electron chi connectivity index (χ1n) is 8.94. The molecule has 0 saturated carbocycles.